The maximum absolute atomic E-state index is 10.8. The molecule has 0 radical (unpaired) electrons. The number of benzene rings is 1. The fourth-order valence-electron chi connectivity index (χ4n) is 3.49. The van der Waals surface area contributed by atoms with Crippen molar-refractivity contribution in [3.63, 3.8) is 0 Å². The molecule has 0 aliphatic heterocycles. The van der Waals surface area contributed by atoms with Crippen molar-refractivity contribution in [3.8, 4) is 0 Å². The van der Waals surface area contributed by atoms with Gasteiger partial charge in [0, 0.05) is 19.8 Å². The van der Waals surface area contributed by atoms with Crippen molar-refractivity contribution in [3.05, 3.63) is 35.9 Å². The lowest BCUT2D eigenvalue weighted by Gasteiger charge is -2.27. The third-order valence-electron chi connectivity index (χ3n) is 5.42. The first kappa shape index (κ1) is 27.1. The fourth-order valence-corrected chi connectivity index (χ4v) is 3.49. The topological polar surface area (TPSA) is 51.2 Å². The SMILES string of the molecule is CCCN(CCC)CCOCCC(O)(CC)CCCOCCOCc1ccccc1. The lowest BCUT2D eigenvalue weighted by Crippen LogP contribution is -2.32. The summed E-state index contributed by atoms with van der Waals surface area (Å²) in [6.07, 6.45) is 5.38. The van der Waals surface area contributed by atoms with E-state index >= 15 is 0 Å². The Hall–Kier alpha value is -0.980. The zero-order valence-electron chi connectivity index (χ0n) is 19.6. The van der Waals surface area contributed by atoms with Crippen LogP contribution in [0.4, 0.5) is 0 Å². The molecular formula is C25H45NO4. The summed E-state index contributed by atoms with van der Waals surface area (Å²) in [6, 6.07) is 10.2. The minimum absolute atomic E-state index is 0.590. The molecule has 1 unspecified atom stereocenters. The Kier molecular flexibility index (Phi) is 15.9. The Morgan fingerprint density at radius 1 is 0.767 bits per heavy atom. The highest BCUT2D eigenvalue weighted by atomic mass is 16.5. The summed E-state index contributed by atoms with van der Waals surface area (Å²) < 4.78 is 17.1. The Labute approximate surface area is 184 Å². The van der Waals surface area contributed by atoms with Gasteiger partial charge >= 0.3 is 0 Å². The number of hydrogen-bond donors (Lipinski definition) is 1. The minimum Gasteiger partial charge on any atom is -0.390 e. The van der Waals surface area contributed by atoms with Gasteiger partial charge in [-0.05, 0) is 57.2 Å². The molecule has 0 heterocycles. The van der Waals surface area contributed by atoms with Crippen molar-refractivity contribution in [2.24, 2.45) is 0 Å². The lowest BCUT2D eigenvalue weighted by atomic mass is 9.91. The normalized spacial score (nSPS) is 13.6. The first-order valence-electron chi connectivity index (χ1n) is 11.9. The van der Waals surface area contributed by atoms with E-state index in [0.29, 0.717) is 39.5 Å². The molecule has 1 N–H and O–H groups in total. The molecule has 0 spiro atoms. The van der Waals surface area contributed by atoms with Crippen LogP contribution in [0.1, 0.15) is 64.9 Å². The largest absolute Gasteiger partial charge is 0.390 e. The number of hydrogen-bond acceptors (Lipinski definition) is 5. The molecule has 174 valence electrons. The molecular weight excluding hydrogens is 378 g/mol. The third-order valence-corrected chi connectivity index (χ3v) is 5.42. The summed E-state index contributed by atoms with van der Waals surface area (Å²) in [4.78, 5) is 2.45. The molecule has 0 aliphatic rings. The van der Waals surface area contributed by atoms with Crippen LogP contribution < -0.4 is 0 Å². The van der Waals surface area contributed by atoms with Gasteiger partial charge in [0.1, 0.15) is 0 Å². The smallest absolute Gasteiger partial charge is 0.0718 e. The quantitative estimate of drug-likeness (QED) is 0.309. The fraction of sp³-hybridized carbons (Fsp3) is 0.760. The highest BCUT2D eigenvalue weighted by Crippen LogP contribution is 2.21. The molecule has 30 heavy (non-hydrogen) atoms. The summed E-state index contributed by atoms with van der Waals surface area (Å²) in [7, 11) is 0. The third kappa shape index (κ3) is 13.3. The van der Waals surface area contributed by atoms with Gasteiger partial charge in [-0.3, -0.25) is 0 Å². The molecule has 1 rings (SSSR count). The molecule has 1 aromatic rings. The highest BCUT2D eigenvalue weighted by Gasteiger charge is 2.23. The van der Waals surface area contributed by atoms with Gasteiger partial charge in [-0.15, -0.1) is 0 Å². The summed E-state index contributed by atoms with van der Waals surface area (Å²) in [6.45, 7) is 13.5. The molecule has 0 amide bonds. The second kappa shape index (κ2) is 17.7. The standard InChI is InChI=1S/C25H45NO4/c1-4-15-26(16-5-2)17-20-29-19-14-25(27,6-3)13-10-18-28-21-22-30-23-24-11-8-7-9-12-24/h7-9,11-12,27H,4-6,10,13-23H2,1-3H3. The van der Waals surface area contributed by atoms with Crippen LogP contribution in [0.15, 0.2) is 30.3 Å². The van der Waals surface area contributed by atoms with E-state index in [1.165, 1.54) is 18.4 Å². The minimum atomic E-state index is -0.653. The van der Waals surface area contributed by atoms with Crippen LogP contribution >= 0.6 is 0 Å². The van der Waals surface area contributed by atoms with Crippen LogP contribution in [0.2, 0.25) is 0 Å². The molecule has 1 aromatic carbocycles. The van der Waals surface area contributed by atoms with Gasteiger partial charge in [-0.2, -0.15) is 0 Å². The van der Waals surface area contributed by atoms with Crippen LogP contribution in [-0.4, -0.2) is 68.3 Å². The van der Waals surface area contributed by atoms with Gasteiger partial charge in [0.15, 0.2) is 0 Å². The van der Waals surface area contributed by atoms with Gasteiger partial charge in [-0.1, -0.05) is 51.1 Å². The second-order valence-corrected chi connectivity index (χ2v) is 8.04. The first-order valence-corrected chi connectivity index (χ1v) is 11.9. The Morgan fingerprint density at radius 2 is 1.43 bits per heavy atom. The van der Waals surface area contributed by atoms with E-state index in [-0.39, 0.29) is 0 Å². The van der Waals surface area contributed by atoms with Gasteiger partial charge in [0.2, 0.25) is 0 Å². The number of ether oxygens (including phenoxy) is 3. The zero-order valence-corrected chi connectivity index (χ0v) is 19.6. The van der Waals surface area contributed by atoms with E-state index in [4.69, 9.17) is 14.2 Å². The van der Waals surface area contributed by atoms with E-state index in [1.807, 2.05) is 25.1 Å². The molecule has 5 nitrogen and oxygen atoms in total. The number of aliphatic hydroxyl groups is 1. The average molecular weight is 424 g/mol. The number of rotatable bonds is 20. The van der Waals surface area contributed by atoms with Crippen molar-refractivity contribution >= 4 is 0 Å². The molecule has 0 saturated heterocycles. The molecule has 0 fully saturated rings. The predicted molar refractivity (Wildman–Crippen MR) is 124 cm³/mol. The average Bonchev–Trinajstić information content (AvgIpc) is 2.76. The monoisotopic (exact) mass is 423 g/mol. The summed E-state index contributed by atoms with van der Waals surface area (Å²) >= 11 is 0. The van der Waals surface area contributed by atoms with E-state index < -0.39 is 5.60 Å². The molecule has 0 bridgehead atoms. The van der Waals surface area contributed by atoms with E-state index in [2.05, 4.69) is 30.9 Å². The summed E-state index contributed by atoms with van der Waals surface area (Å²) in [5.41, 5.74) is 0.524. The predicted octanol–water partition coefficient (Wildman–Crippen LogP) is 4.67. The van der Waals surface area contributed by atoms with Crippen molar-refractivity contribution in [1.82, 2.24) is 4.90 Å². The van der Waals surface area contributed by atoms with Crippen molar-refractivity contribution in [1.29, 1.82) is 0 Å². The lowest BCUT2D eigenvalue weighted by molar-refractivity contribution is -0.0215. The van der Waals surface area contributed by atoms with E-state index in [1.54, 1.807) is 0 Å². The van der Waals surface area contributed by atoms with Crippen LogP contribution in [0.25, 0.3) is 0 Å². The van der Waals surface area contributed by atoms with E-state index in [0.717, 1.165) is 45.5 Å². The highest BCUT2D eigenvalue weighted by molar-refractivity contribution is 5.13. The van der Waals surface area contributed by atoms with Gasteiger partial charge in [0.25, 0.3) is 0 Å². The zero-order chi connectivity index (χ0) is 21.9. The molecule has 0 aliphatic carbocycles. The molecule has 1 atom stereocenters. The van der Waals surface area contributed by atoms with Gasteiger partial charge < -0.3 is 24.2 Å². The van der Waals surface area contributed by atoms with Crippen LogP contribution in [-0.2, 0) is 20.8 Å². The maximum Gasteiger partial charge on any atom is 0.0718 e. The summed E-state index contributed by atoms with van der Waals surface area (Å²) in [5, 5.41) is 10.8. The van der Waals surface area contributed by atoms with Crippen LogP contribution in [0, 0.1) is 0 Å². The van der Waals surface area contributed by atoms with Crippen LogP contribution in [0.3, 0.4) is 0 Å². The maximum atomic E-state index is 10.8. The summed E-state index contributed by atoms with van der Waals surface area (Å²) in [5.74, 6) is 0. The van der Waals surface area contributed by atoms with E-state index in [9.17, 15) is 5.11 Å². The molecule has 0 aromatic heterocycles. The van der Waals surface area contributed by atoms with Crippen molar-refractivity contribution < 1.29 is 19.3 Å². The first-order chi connectivity index (χ1) is 14.6. The number of nitrogens with zero attached hydrogens (tertiary/aromatic N) is 1. The molecule has 5 heteroatoms. The van der Waals surface area contributed by atoms with Gasteiger partial charge in [0.05, 0.1) is 32.0 Å². The van der Waals surface area contributed by atoms with Crippen molar-refractivity contribution in [2.45, 2.75) is 71.5 Å². The van der Waals surface area contributed by atoms with Gasteiger partial charge in [-0.25, -0.2) is 0 Å². The Morgan fingerprint density at radius 3 is 2.10 bits per heavy atom. The van der Waals surface area contributed by atoms with Crippen molar-refractivity contribution in [2.75, 3.05) is 52.7 Å². The Bertz CT molecular complexity index is 493. The Balaban J connectivity index is 2.04. The molecule has 0 saturated carbocycles. The second-order valence-electron chi connectivity index (χ2n) is 8.04. The van der Waals surface area contributed by atoms with Crippen LogP contribution in [0.5, 0.6) is 0 Å².